The molecule has 1 aromatic carbocycles. The SMILES string of the molecule is CC(C)NCc1ccc(SCCC(C)(C)O)cc1. The van der Waals surface area contributed by atoms with Crippen LogP contribution < -0.4 is 5.32 Å². The van der Waals surface area contributed by atoms with Gasteiger partial charge in [0, 0.05) is 23.2 Å². The van der Waals surface area contributed by atoms with E-state index in [-0.39, 0.29) is 0 Å². The zero-order valence-corrected chi connectivity index (χ0v) is 12.7. The molecule has 2 N–H and O–H groups in total. The first kappa shape index (κ1) is 15.5. The minimum Gasteiger partial charge on any atom is -0.390 e. The van der Waals surface area contributed by atoms with E-state index in [1.54, 1.807) is 11.8 Å². The van der Waals surface area contributed by atoms with Crippen molar-refractivity contribution < 1.29 is 5.11 Å². The quantitative estimate of drug-likeness (QED) is 0.742. The Morgan fingerprint density at radius 2 is 1.83 bits per heavy atom. The van der Waals surface area contributed by atoms with Gasteiger partial charge in [-0.3, -0.25) is 0 Å². The lowest BCUT2D eigenvalue weighted by Gasteiger charge is -2.16. The summed E-state index contributed by atoms with van der Waals surface area (Å²) >= 11 is 1.80. The molecule has 0 aromatic heterocycles. The minimum absolute atomic E-state index is 0.519. The molecule has 2 nitrogen and oxygen atoms in total. The zero-order chi connectivity index (χ0) is 13.6. The van der Waals surface area contributed by atoms with Gasteiger partial charge in [0.15, 0.2) is 0 Å². The smallest absolute Gasteiger partial charge is 0.0599 e. The van der Waals surface area contributed by atoms with E-state index in [2.05, 4.69) is 43.4 Å². The summed E-state index contributed by atoms with van der Waals surface area (Å²) in [5, 5.41) is 13.0. The second-order valence-electron chi connectivity index (χ2n) is 5.59. The van der Waals surface area contributed by atoms with Crippen molar-refractivity contribution in [2.45, 2.75) is 57.2 Å². The van der Waals surface area contributed by atoms with Crippen molar-refractivity contribution in [3.63, 3.8) is 0 Å². The Balaban J connectivity index is 2.36. The van der Waals surface area contributed by atoms with Gasteiger partial charge in [0.1, 0.15) is 0 Å². The van der Waals surface area contributed by atoms with Crippen molar-refractivity contribution in [2.75, 3.05) is 5.75 Å². The van der Waals surface area contributed by atoms with Crippen molar-refractivity contribution in [3.05, 3.63) is 29.8 Å². The highest BCUT2D eigenvalue weighted by atomic mass is 32.2. The molecule has 1 rings (SSSR count). The summed E-state index contributed by atoms with van der Waals surface area (Å²) in [7, 11) is 0. The fraction of sp³-hybridized carbons (Fsp3) is 0.600. The van der Waals surface area contributed by atoms with Crippen molar-refractivity contribution in [2.24, 2.45) is 0 Å². The highest BCUT2D eigenvalue weighted by Gasteiger charge is 2.11. The summed E-state index contributed by atoms with van der Waals surface area (Å²) in [6, 6.07) is 9.17. The Labute approximate surface area is 115 Å². The number of thioether (sulfide) groups is 1. The molecule has 0 radical (unpaired) electrons. The maximum Gasteiger partial charge on any atom is 0.0599 e. The van der Waals surface area contributed by atoms with E-state index in [9.17, 15) is 5.11 Å². The standard InChI is InChI=1S/C15H25NOS/c1-12(2)16-11-13-5-7-14(8-6-13)18-10-9-15(3,4)17/h5-8,12,16-17H,9-11H2,1-4H3. The summed E-state index contributed by atoms with van der Waals surface area (Å²) < 4.78 is 0. The van der Waals surface area contributed by atoms with Crippen molar-refractivity contribution in [1.29, 1.82) is 0 Å². The average Bonchev–Trinajstić information content (AvgIpc) is 2.26. The van der Waals surface area contributed by atoms with Gasteiger partial charge in [-0.25, -0.2) is 0 Å². The Bertz CT molecular complexity index is 341. The summed E-state index contributed by atoms with van der Waals surface area (Å²) in [5.41, 5.74) is 0.754. The van der Waals surface area contributed by atoms with Gasteiger partial charge >= 0.3 is 0 Å². The predicted molar refractivity (Wildman–Crippen MR) is 80.1 cm³/mol. The molecule has 3 heteroatoms. The third kappa shape index (κ3) is 7.04. The first-order valence-corrected chi connectivity index (χ1v) is 7.53. The van der Waals surface area contributed by atoms with Crippen LogP contribution in [0.5, 0.6) is 0 Å². The molecule has 0 aliphatic heterocycles. The molecule has 0 bridgehead atoms. The van der Waals surface area contributed by atoms with Gasteiger partial charge in [0.2, 0.25) is 0 Å². The van der Waals surface area contributed by atoms with Gasteiger partial charge in [-0.2, -0.15) is 0 Å². The van der Waals surface area contributed by atoms with Gasteiger partial charge < -0.3 is 10.4 Å². The summed E-state index contributed by atoms with van der Waals surface area (Å²) in [5.74, 6) is 0.951. The Hall–Kier alpha value is -0.510. The number of aliphatic hydroxyl groups is 1. The van der Waals surface area contributed by atoms with E-state index in [0.717, 1.165) is 18.7 Å². The minimum atomic E-state index is -0.561. The molecule has 0 atom stereocenters. The molecule has 102 valence electrons. The highest BCUT2D eigenvalue weighted by Crippen LogP contribution is 2.22. The highest BCUT2D eigenvalue weighted by molar-refractivity contribution is 7.99. The van der Waals surface area contributed by atoms with Crippen molar-refractivity contribution >= 4 is 11.8 Å². The first-order chi connectivity index (χ1) is 8.37. The van der Waals surface area contributed by atoms with E-state index >= 15 is 0 Å². The van der Waals surface area contributed by atoms with Crippen molar-refractivity contribution in [1.82, 2.24) is 5.32 Å². The predicted octanol–water partition coefficient (Wildman–Crippen LogP) is 3.44. The van der Waals surface area contributed by atoms with Gasteiger partial charge in [0.25, 0.3) is 0 Å². The van der Waals surface area contributed by atoms with Crippen molar-refractivity contribution in [3.8, 4) is 0 Å². The molecule has 0 spiro atoms. The van der Waals surface area contributed by atoms with Crippen LogP contribution in [0.3, 0.4) is 0 Å². The lowest BCUT2D eigenvalue weighted by molar-refractivity contribution is 0.0778. The topological polar surface area (TPSA) is 32.3 Å². The van der Waals surface area contributed by atoms with Crippen LogP contribution in [0.1, 0.15) is 39.7 Å². The third-order valence-electron chi connectivity index (χ3n) is 2.62. The molecule has 0 unspecified atom stereocenters. The van der Waals surface area contributed by atoms with E-state index in [1.807, 2.05) is 13.8 Å². The van der Waals surface area contributed by atoms with E-state index in [1.165, 1.54) is 10.5 Å². The van der Waals surface area contributed by atoms with Gasteiger partial charge in [-0.15, -0.1) is 11.8 Å². The number of rotatable bonds is 7. The van der Waals surface area contributed by atoms with Crippen LogP contribution in [0.4, 0.5) is 0 Å². The Morgan fingerprint density at radius 1 is 1.22 bits per heavy atom. The van der Waals surface area contributed by atoms with Gasteiger partial charge in [0.05, 0.1) is 5.60 Å². The number of nitrogens with one attached hydrogen (secondary N) is 1. The molecular weight excluding hydrogens is 242 g/mol. The van der Waals surface area contributed by atoms with E-state index < -0.39 is 5.60 Å². The number of hydrogen-bond donors (Lipinski definition) is 2. The van der Waals surface area contributed by atoms with Gasteiger partial charge in [-0.1, -0.05) is 26.0 Å². The monoisotopic (exact) mass is 267 g/mol. The molecule has 0 aliphatic carbocycles. The number of hydrogen-bond acceptors (Lipinski definition) is 3. The van der Waals surface area contributed by atoms with Crippen LogP contribution in [-0.2, 0) is 6.54 Å². The fourth-order valence-electron chi connectivity index (χ4n) is 1.44. The fourth-order valence-corrected chi connectivity index (χ4v) is 2.61. The second kappa shape index (κ2) is 7.17. The van der Waals surface area contributed by atoms with Crippen LogP contribution in [0.2, 0.25) is 0 Å². The maximum absolute atomic E-state index is 9.64. The summed E-state index contributed by atoms with van der Waals surface area (Å²) in [6.45, 7) is 8.94. The van der Waals surface area contributed by atoms with Crippen LogP contribution in [0, 0.1) is 0 Å². The van der Waals surface area contributed by atoms with Crippen LogP contribution in [-0.4, -0.2) is 22.5 Å². The van der Waals surface area contributed by atoms with Gasteiger partial charge in [-0.05, 0) is 38.0 Å². The summed E-state index contributed by atoms with van der Waals surface area (Å²) in [4.78, 5) is 1.27. The maximum atomic E-state index is 9.64. The largest absolute Gasteiger partial charge is 0.390 e. The molecule has 0 saturated carbocycles. The Kier molecular flexibility index (Phi) is 6.19. The normalized spacial score (nSPS) is 12.1. The molecule has 1 aromatic rings. The lowest BCUT2D eigenvalue weighted by atomic mass is 10.1. The molecule has 0 amide bonds. The molecule has 0 aliphatic rings. The second-order valence-corrected chi connectivity index (χ2v) is 6.76. The first-order valence-electron chi connectivity index (χ1n) is 6.54. The summed E-state index contributed by atoms with van der Waals surface area (Å²) in [6.07, 6.45) is 0.814. The van der Waals surface area contributed by atoms with Crippen LogP contribution in [0.25, 0.3) is 0 Å². The molecular formula is C15H25NOS. The zero-order valence-electron chi connectivity index (χ0n) is 11.9. The third-order valence-corrected chi connectivity index (χ3v) is 3.63. The van der Waals surface area contributed by atoms with E-state index in [4.69, 9.17) is 0 Å². The lowest BCUT2D eigenvalue weighted by Crippen LogP contribution is -2.21. The molecule has 18 heavy (non-hydrogen) atoms. The van der Waals surface area contributed by atoms with E-state index in [0.29, 0.717) is 6.04 Å². The average molecular weight is 267 g/mol. The molecule has 0 fully saturated rings. The van der Waals surface area contributed by atoms with Crippen LogP contribution >= 0.6 is 11.8 Å². The Morgan fingerprint density at radius 3 is 2.33 bits per heavy atom. The molecule has 0 heterocycles. The molecule has 0 saturated heterocycles. The van der Waals surface area contributed by atoms with Crippen LogP contribution in [0.15, 0.2) is 29.2 Å². The number of benzene rings is 1.